The molecule has 120 valence electrons. The summed E-state index contributed by atoms with van der Waals surface area (Å²) in [5.74, 6) is -0.0615. The molecule has 1 aliphatic rings. The van der Waals surface area contributed by atoms with Gasteiger partial charge in [-0.25, -0.2) is 0 Å². The van der Waals surface area contributed by atoms with E-state index in [1.165, 1.54) is 11.1 Å². The SMILES string of the molecule is C[C@@H](C(=O)Nc1ccc(Cl)cc1Cl)N1CCc2ccccc2C1. The summed E-state index contributed by atoms with van der Waals surface area (Å²) in [5, 5.41) is 3.88. The number of carbonyl (C=O) groups excluding carboxylic acids is 1. The smallest absolute Gasteiger partial charge is 0.241 e. The third-order valence-corrected chi connectivity index (χ3v) is 4.82. The Morgan fingerprint density at radius 1 is 1.17 bits per heavy atom. The summed E-state index contributed by atoms with van der Waals surface area (Å²) >= 11 is 12.0. The van der Waals surface area contributed by atoms with Crippen LogP contribution in [0.2, 0.25) is 10.0 Å². The highest BCUT2D eigenvalue weighted by Gasteiger charge is 2.25. The quantitative estimate of drug-likeness (QED) is 0.892. The first-order valence-electron chi connectivity index (χ1n) is 7.61. The molecule has 0 bridgehead atoms. The van der Waals surface area contributed by atoms with Crippen molar-refractivity contribution in [3.63, 3.8) is 0 Å². The zero-order valence-electron chi connectivity index (χ0n) is 12.9. The maximum Gasteiger partial charge on any atom is 0.241 e. The van der Waals surface area contributed by atoms with Crippen molar-refractivity contribution >= 4 is 34.8 Å². The van der Waals surface area contributed by atoms with Crippen LogP contribution in [0, 0.1) is 0 Å². The van der Waals surface area contributed by atoms with Crippen LogP contribution in [0.4, 0.5) is 5.69 Å². The second kappa shape index (κ2) is 6.91. The standard InChI is InChI=1S/C18H18Cl2N2O/c1-12(18(23)21-17-7-6-15(19)10-16(17)20)22-9-8-13-4-2-3-5-14(13)11-22/h2-7,10,12H,8-9,11H2,1H3,(H,21,23)/t12-/m0/s1. The van der Waals surface area contributed by atoms with Crippen LogP contribution < -0.4 is 5.32 Å². The third-order valence-electron chi connectivity index (χ3n) is 4.28. The molecular weight excluding hydrogens is 331 g/mol. The second-order valence-corrected chi connectivity index (χ2v) is 6.62. The first kappa shape index (κ1) is 16.3. The molecular formula is C18H18Cl2N2O. The predicted molar refractivity (Wildman–Crippen MR) is 95.1 cm³/mol. The number of benzene rings is 2. The van der Waals surface area contributed by atoms with Crippen LogP contribution in [0.1, 0.15) is 18.1 Å². The Morgan fingerprint density at radius 3 is 2.65 bits per heavy atom. The van der Waals surface area contributed by atoms with Gasteiger partial charge in [0, 0.05) is 18.1 Å². The molecule has 0 saturated heterocycles. The Bertz CT molecular complexity index is 733. The largest absolute Gasteiger partial charge is 0.323 e. The number of amides is 1. The number of nitrogens with one attached hydrogen (secondary N) is 1. The molecule has 0 fully saturated rings. The fourth-order valence-corrected chi connectivity index (χ4v) is 3.30. The van der Waals surface area contributed by atoms with Crippen molar-refractivity contribution in [2.75, 3.05) is 11.9 Å². The predicted octanol–water partition coefficient (Wildman–Crippen LogP) is 4.38. The van der Waals surface area contributed by atoms with Gasteiger partial charge in [0.15, 0.2) is 0 Å². The molecule has 1 aliphatic heterocycles. The highest BCUT2D eigenvalue weighted by Crippen LogP contribution is 2.26. The molecule has 0 radical (unpaired) electrons. The van der Waals surface area contributed by atoms with Crippen molar-refractivity contribution in [3.05, 3.63) is 63.6 Å². The number of hydrogen-bond donors (Lipinski definition) is 1. The summed E-state index contributed by atoms with van der Waals surface area (Å²) in [6, 6.07) is 13.2. The van der Waals surface area contributed by atoms with E-state index in [0.29, 0.717) is 15.7 Å². The van der Waals surface area contributed by atoms with Crippen molar-refractivity contribution in [1.82, 2.24) is 4.90 Å². The molecule has 0 unspecified atom stereocenters. The lowest BCUT2D eigenvalue weighted by molar-refractivity contribution is -0.121. The molecule has 1 amide bonds. The van der Waals surface area contributed by atoms with Crippen molar-refractivity contribution in [2.24, 2.45) is 0 Å². The molecule has 0 spiro atoms. The first-order chi connectivity index (χ1) is 11.0. The molecule has 1 N–H and O–H groups in total. The number of rotatable bonds is 3. The molecule has 1 heterocycles. The van der Waals surface area contributed by atoms with E-state index >= 15 is 0 Å². The number of carbonyl (C=O) groups is 1. The van der Waals surface area contributed by atoms with Crippen molar-refractivity contribution in [3.8, 4) is 0 Å². The Balaban J connectivity index is 1.68. The number of nitrogens with zero attached hydrogens (tertiary/aromatic N) is 1. The summed E-state index contributed by atoms with van der Waals surface area (Å²) in [6.45, 7) is 3.59. The Labute approximate surface area is 146 Å². The Kier molecular flexibility index (Phi) is 4.90. The van der Waals surface area contributed by atoms with Gasteiger partial charge in [0.2, 0.25) is 5.91 Å². The molecule has 2 aromatic rings. The summed E-state index contributed by atoms with van der Waals surface area (Å²) < 4.78 is 0. The first-order valence-corrected chi connectivity index (χ1v) is 8.37. The molecule has 3 nitrogen and oxygen atoms in total. The van der Waals surface area contributed by atoms with E-state index in [1.807, 2.05) is 13.0 Å². The number of halogens is 2. The van der Waals surface area contributed by atoms with Gasteiger partial charge >= 0.3 is 0 Å². The average Bonchev–Trinajstić information content (AvgIpc) is 2.56. The summed E-state index contributed by atoms with van der Waals surface area (Å²) in [5.41, 5.74) is 3.25. The molecule has 23 heavy (non-hydrogen) atoms. The lowest BCUT2D eigenvalue weighted by Gasteiger charge is -2.32. The van der Waals surface area contributed by atoms with Crippen molar-refractivity contribution < 1.29 is 4.79 Å². The fourth-order valence-electron chi connectivity index (χ4n) is 2.84. The summed E-state index contributed by atoms with van der Waals surface area (Å²) in [6.07, 6.45) is 0.968. The molecule has 0 aromatic heterocycles. The fraction of sp³-hybridized carbons (Fsp3) is 0.278. The van der Waals surface area contributed by atoms with E-state index in [-0.39, 0.29) is 11.9 Å². The monoisotopic (exact) mass is 348 g/mol. The van der Waals surface area contributed by atoms with E-state index < -0.39 is 0 Å². The van der Waals surface area contributed by atoms with E-state index in [1.54, 1.807) is 18.2 Å². The van der Waals surface area contributed by atoms with E-state index in [4.69, 9.17) is 23.2 Å². The van der Waals surface area contributed by atoms with Gasteiger partial charge < -0.3 is 5.32 Å². The van der Waals surface area contributed by atoms with Gasteiger partial charge in [-0.05, 0) is 42.7 Å². The van der Waals surface area contributed by atoms with Crippen LogP contribution in [-0.2, 0) is 17.8 Å². The lowest BCUT2D eigenvalue weighted by Crippen LogP contribution is -2.44. The van der Waals surface area contributed by atoms with E-state index in [2.05, 4.69) is 28.4 Å². The van der Waals surface area contributed by atoms with Crippen LogP contribution in [0.5, 0.6) is 0 Å². The summed E-state index contributed by atoms with van der Waals surface area (Å²) in [4.78, 5) is 14.7. The van der Waals surface area contributed by atoms with Gasteiger partial charge in [-0.2, -0.15) is 0 Å². The zero-order chi connectivity index (χ0) is 16.4. The molecule has 3 rings (SSSR count). The van der Waals surface area contributed by atoms with Gasteiger partial charge in [-0.1, -0.05) is 47.5 Å². The Hall–Kier alpha value is -1.55. The van der Waals surface area contributed by atoms with Crippen molar-refractivity contribution in [1.29, 1.82) is 0 Å². The van der Waals surface area contributed by atoms with Crippen LogP contribution in [-0.4, -0.2) is 23.4 Å². The van der Waals surface area contributed by atoms with E-state index in [0.717, 1.165) is 19.5 Å². The average molecular weight is 349 g/mol. The Morgan fingerprint density at radius 2 is 1.91 bits per heavy atom. The summed E-state index contributed by atoms with van der Waals surface area (Å²) in [7, 11) is 0. The zero-order valence-corrected chi connectivity index (χ0v) is 14.4. The molecule has 1 atom stereocenters. The van der Waals surface area contributed by atoms with Gasteiger partial charge in [-0.15, -0.1) is 0 Å². The topological polar surface area (TPSA) is 32.3 Å². The minimum Gasteiger partial charge on any atom is -0.323 e. The second-order valence-electron chi connectivity index (χ2n) is 5.78. The maximum atomic E-state index is 12.5. The van der Waals surface area contributed by atoms with Gasteiger partial charge in [-0.3, -0.25) is 9.69 Å². The lowest BCUT2D eigenvalue weighted by atomic mass is 9.99. The van der Waals surface area contributed by atoms with Gasteiger partial charge in [0.1, 0.15) is 0 Å². The van der Waals surface area contributed by atoms with Gasteiger partial charge in [0.25, 0.3) is 0 Å². The highest BCUT2D eigenvalue weighted by atomic mass is 35.5. The number of anilines is 1. The van der Waals surface area contributed by atoms with Crippen LogP contribution in [0.25, 0.3) is 0 Å². The van der Waals surface area contributed by atoms with Gasteiger partial charge in [0.05, 0.1) is 16.8 Å². The van der Waals surface area contributed by atoms with Crippen LogP contribution in [0.3, 0.4) is 0 Å². The third kappa shape index (κ3) is 3.69. The molecule has 5 heteroatoms. The minimum absolute atomic E-state index is 0.0615. The minimum atomic E-state index is -0.227. The van der Waals surface area contributed by atoms with Crippen molar-refractivity contribution in [2.45, 2.75) is 25.9 Å². The van der Waals surface area contributed by atoms with Crippen LogP contribution >= 0.6 is 23.2 Å². The van der Waals surface area contributed by atoms with E-state index in [9.17, 15) is 4.79 Å². The maximum absolute atomic E-state index is 12.5. The normalized spacial score (nSPS) is 15.8. The number of hydrogen-bond acceptors (Lipinski definition) is 2. The van der Waals surface area contributed by atoms with Crippen LogP contribution in [0.15, 0.2) is 42.5 Å². The number of fused-ring (bicyclic) bond motifs is 1. The molecule has 2 aromatic carbocycles. The molecule has 0 saturated carbocycles. The molecule has 0 aliphatic carbocycles. The highest BCUT2D eigenvalue weighted by molar-refractivity contribution is 6.36.